The lowest BCUT2D eigenvalue weighted by Crippen LogP contribution is -2.44. The summed E-state index contributed by atoms with van der Waals surface area (Å²) in [6.45, 7) is 4.61. The molecule has 1 aliphatic rings. The molecule has 0 atom stereocenters. The molecule has 0 unspecified atom stereocenters. The van der Waals surface area contributed by atoms with Crippen LogP contribution >= 0.6 is 0 Å². The summed E-state index contributed by atoms with van der Waals surface area (Å²) in [5.41, 5.74) is 1.02. The number of rotatable bonds is 5. The Labute approximate surface area is 109 Å². The van der Waals surface area contributed by atoms with Crippen molar-refractivity contribution < 1.29 is 4.79 Å². The summed E-state index contributed by atoms with van der Waals surface area (Å²) in [4.78, 5) is 13.8. The first-order valence-electron chi connectivity index (χ1n) is 6.57. The highest BCUT2D eigenvalue weighted by molar-refractivity contribution is 5.78. The number of carbonyl (C=O) groups excluding carboxylic acids is 1. The van der Waals surface area contributed by atoms with E-state index in [4.69, 9.17) is 0 Å². The standard InChI is InChI=1S/C15H22N2O/c1-15(2,12-7-5-4-6-8-12)16-11-14(18)17(3)13-9-10-13/h4-8,13,16H,9-11H2,1-3H3. The fraction of sp³-hybridized carbons (Fsp3) is 0.533. The maximum atomic E-state index is 12.0. The van der Waals surface area contributed by atoms with E-state index in [0.29, 0.717) is 12.6 Å². The van der Waals surface area contributed by atoms with E-state index >= 15 is 0 Å². The quantitative estimate of drug-likeness (QED) is 0.863. The summed E-state index contributed by atoms with van der Waals surface area (Å²) in [6, 6.07) is 10.7. The van der Waals surface area contributed by atoms with Crippen LogP contribution < -0.4 is 5.32 Å². The number of hydrogen-bond donors (Lipinski definition) is 1. The van der Waals surface area contributed by atoms with Gasteiger partial charge in [0.1, 0.15) is 0 Å². The van der Waals surface area contributed by atoms with Crippen LogP contribution in [0.2, 0.25) is 0 Å². The van der Waals surface area contributed by atoms with Crippen LogP contribution in [0.15, 0.2) is 30.3 Å². The molecule has 0 heterocycles. The third kappa shape index (κ3) is 3.10. The van der Waals surface area contributed by atoms with Gasteiger partial charge in [0.2, 0.25) is 5.91 Å². The minimum atomic E-state index is -0.179. The SMILES string of the molecule is CN(C(=O)CNC(C)(C)c1ccccc1)C1CC1. The van der Waals surface area contributed by atoms with E-state index in [0.717, 1.165) is 12.8 Å². The molecule has 1 fully saturated rings. The number of likely N-dealkylation sites (N-methyl/N-ethyl adjacent to an activating group) is 1. The molecule has 0 saturated heterocycles. The van der Waals surface area contributed by atoms with Crippen molar-refractivity contribution in [3.63, 3.8) is 0 Å². The normalized spacial score (nSPS) is 15.5. The van der Waals surface area contributed by atoms with Gasteiger partial charge in [-0.05, 0) is 32.3 Å². The second-order valence-electron chi connectivity index (χ2n) is 5.58. The summed E-state index contributed by atoms with van der Waals surface area (Å²) >= 11 is 0. The van der Waals surface area contributed by atoms with Crippen LogP contribution in [-0.4, -0.2) is 30.4 Å². The minimum Gasteiger partial charge on any atom is -0.342 e. The van der Waals surface area contributed by atoms with Gasteiger partial charge in [0.05, 0.1) is 6.54 Å². The highest BCUT2D eigenvalue weighted by atomic mass is 16.2. The van der Waals surface area contributed by atoms with E-state index in [9.17, 15) is 4.79 Å². The average molecular weight is 246 g/mol. The van der Waals surface area contributed by atoms with E-state index in [-0.39, 0.29) is 11.4 Å². The molecule has 1 aliphatic carbocycles. The van der Waals surface area contributed by atoms with Crippen molar-refractivity contribution in [2.75, 3.05) is 13.6 Å². The van der Waals surface area contributed by atoms with Gasteiger partial charge in [-0.25, -0.2) is 0 Å². The Hall–Kier alpha value is -1.35. The highest BCUT2D eigenvalue weighted by Gasteiger charge is 2.30. The molecule has 1 saturated carbocycles. The summed E-state index contributed by atoms with van der Waals surface area (Å²) in [5.74, 6) is 0.182. The largest absolute Gasteiger partial charge is 0.342 e. The summed E-state index contributed by atoms with van der Waals surface area (Å²) in [7, 11) is 1.90. The minimum absolute atomic E-state index is 0.179. The smallest absolute Gasteiger partial charge is 0.236 e. The van der Waals surface area contributed by atoms with Crippen LogP contribution in [0.3, 0.4) is 0 Å². The van der Waals surface area contributed by atoms with Crippen molar-refractivity contribution >= 4 is 5.91 Å². The maximum Gasteiger partial charge on any atom is 0.236 e. The summed E-state index contributed by atoms with van der Waals surface area (Å²) in [6.07, 6.45) is 2.31. The zero-order chi connectivity index (χ0) is 13.2. The van der Waals surface area contributed by atoms with Crippen molar-refractivity contribution in [2.45, 2.75) is 38.3 Å². The Balaban J connectivity index is 1.90. The summed E-state index contributed by atoms with van der Waals surface area (Å²) < 4.78 is 0. The molecule has 0 radical (unpaired) electrons. The van der Waals surface area contributed by atoms with Gasteiger partial charge < -0.3 is 4.90 Å². The molecule has 2 rings (SSSR count). The monoisotopic (exact) mass is 246 g/mol. The van der Waals surface area contributed by atoms with Crippen LogP contribution in [-0.2, 0) is 10.3 Å². The second kappa shape index (κ2) is 5.11. The Morgan fingerprint density at radius 3 is 2.50 bits per heavy atom. The molecule has 0 spiro atoms. The van der Waals surface area contributed by atoms with Crippen molar-refractivity contribution in [1.82, 2.24) is 10.2 Å². The van der Waals surface area contributed by atoms with Gasteiger partial charge in [-0.1, -0.05) is 30.3 Å². The fourth-order valence-electron chi connectivity index (χ4n) is 2.04. The predicted octanol–water partition coefficient (Wildman–Crippen LogP) is 2.13. The topological polar surface area (TPSA) is 32.3 Å². The molecular weight excluding hydrogens is 224 g/mol. The molecule has 1 amide bonds. The Bertz CT molecular complexity index is 410. The molecule has 0 aliphatic heterocycles. The van der Waals surface area contributed by atoms with Gasteiger partial charge in [-0.3, -0.25) is 10.1 Å². The van der Waals surface area contributed by atoms with Gasteiger partial charge in [0, 0.05) is 18.6 Å². The van der Waals surface area contributed by atoms with Gasteiger partial charge >= 0.3 is 0 Å². The molecular formula is C15H22N2O. The lowest BCUT2D eigenvalue weighted by Gasteiger charge is -2.28. The van der Waals surface area contributed by atoms with Crippen LogP contribution in [0, 0.1) is 0 Å². The van der Waals surface area contributed by atoms with Crippen molar-refractivity contribution in [3.8, 4) is 0 Å². The van der Waals surface area contributed by atoms with E-state index in [1.54, 1.807) is 0 Å². The number of benzene rings is 1. The van der Waals surface area contributed by atoms with Crippen molar-refractivity contribution in [3.05, 3.63) is 35.9 Å². The Morgan fingerprint density at radius 1 is 1.33 bits per heavy atom. The maximum absolute atomic E-state index is 12.0. The lowest BCUT2D eigenvalue weighted by atomic mass is 9.94. The lowest BCUT2D eigenvalue weighted by molar-refractivity contribution is -0.129. The van der Waals surface area contributed by atoms with Crippen LogP contribution in [0.4, 0.5) is 0 Å². The van der Waals surface area contributed by atoms with E-state index in [2.05, 4.69) is 31.3 Å². The molecule has 98 valence electrons. The van der Waals surface area contributed by atoms with E-state index in [1.165, 1.54) is 5.56 Å². The first kappa shape index (κ1) is 13.1. The number of carbonyl (C=O) groups is 1. The Morgan fingerprint density at radius 2 is 1.94 bits per heavy atom. The fourth-order valence-corrected chi connectivity index (χ4v) is 2.04. The van der Waals surface area contributed by atoms with Crippen LogP contribution in [0.5, 0.6) is 0 Å². The van der Waals surface area contributed by atoms with Gasteiger partial charge in [-0.2, -0.15) is 0 Å². The van der Waals surface area contributed by atoms with Crippen LogP contribution in [0.1, 0.15) is 32.3 Å². The first-order valence-corrected chi connectivity index (χ1v) is 6.57. The average Bonchev–Trinajstić information content (AvgIpc) is 3.20. The van der Waals surface area contributed by atoms with Gasteiger partial charge in [0.15, 0.2) is 0 Å². The molecule has 0 aromatic heterocycles. The molecule has 1 N–H and O–H groups in total. The molecule has 1 aromatic carbocycles. The van der Waals surface area contributed by atoms with E-state index in [1.807, 2.05) is 30.1 Å². The molecule has 18 heavy (non-hydrogen) atoms. The number of amides is 1. The van der Waals surface area contributed by atoms with Gasteiger partial charge in [0.25, 0.3) is 0 Å². The number of nitrogens with one attached hydrogen (secondary N) is 1. The molecule has 3 nitrogen and oxygen atoms in total. The molecule has 3 heteroatoms. The predicted molar refractivity (Wildman–Crippen MR) is 73.3 cm³/mol. The number of nitrogens with zero attached hydrogens (tertiary/aromatic N) is 1. The zero-order valence-electron chi connectivity index (χ0n) is 11.4. The summed E-state index contributed by atoms with van der Waals surface area (Å²) in [5, 5.41) is 3.35. The first-order chi connectivity index (χ1) is 8.50. The van der Waals surface area contributed by atoms with Crippen molar-refractivity contribution in [1.29, 1.82) is 0 Å². The third-order valence-corrected chi connectivity index (χ3v) is 3.67. The molecule has 1 aromatic rings. The number of hydrogen-bond acceptors (Lipinski definition) is 2. The van der Waals surface area contributed by atoms with Crippen LogP contribution in [0.25, 0.3) is 0 Å². The van der Waals surface area contributed by atoms with Crippen molar-refractivity contribution in [2.24, 2.45) is 0 Å². The zero-order valence-corrected chi connectivity index (χ0v) is 11.4. The Kier molecular flexibility index (Phi) is 3.71. The van der Waals surface area contributed by atoms with E-state index < -0.39 is 0 Å². The highest BCUT2D eigenvalue weighted by Crippen LogP contribution is 2.25. The van der Waals surface area contributed by atoms with Gasteiger partial charge in [-0.15, -0.1) is 0 Å². The third-order valence-electron chi connectivity index (χ3n) is 3.67. The second-order valence-corrected chi connectivity index (χ2v) is 5.58. The molecule has 0 bridgehead atoms.